The Hall–Kier alpha value is -1.07. The van der Waals surface area contributed by atoms with Gasteiger partial charge in [0.05, 0.1) is 17.6 Å². The molecule has 4 nitrogen and oxygen atoms in total. The summed E-state index contributed by atoms with van der Waals surface area (Å²) in [6.07, 6.45) is 0.810. The van der Waals surface area contributed by atoms with Gasteiger partial charge in [-0.3, -0.25) is 0 Å². The second-order valence-corrected chi connectivity index (χ2v) is 7.86. The molecule has 0 radical (unpaired) electrons. The topological polar surface area (TPSA) is 55.4 Å². The standard InChI is InChI=1S/C15H23NO3S/c1-11(2)19-14-7-5-4-6-13(14)15(16-3)12-8-9-20(17,18)10-12/h4-7,11-12,15-16H,8-10H2,1-3H3. The summed E-state index contributed by atoms with van der Waals surface area (Å²) in [5.74, 6) is 1.51. The first-order valence-electron chi connectivity index (χ1n) is 7.06. The van der Waals surface area contributed by atoms with Crippen LogP contribution in [0.4, 0.5) is 0 Å². The molecule has 1 aliphatic heterocycles. The summed E-state index contributed by atoms with van der Waals surface area (Å²) in [4.78, 5) is 0. The highest BCUT2D eigenvalue weighted by Crippen LogP contribution is 2.35. The van der Waals surface area contributed by atoms with E-state index < -0.39 is 9.84 Å². The van der Waals surface area contributed by atoms with Gasteiger partial charge in [0.2, 0.25) is 0 Å². The molecule has 1 saturated heterocycles. The highest BCUT2D eigenvalue weighted by molar-refractivity contribution is 7.91. The molecule has 20 heavy (non-hydrogen) atoms. The Kier molecular flexibility index (Phi) is 4.70. The van der Waals surface area contributed by atoms with Crippen molar-refractivity contribution in [3.8, 4) is 5.75 Å². The Morgan fingerprint density at radius 2 is 2.00 bits per heavy atom. The quantitative estimate of drug-likeness (QED) is 0.905. The van der Waals surface area contributed by atoms with Gasteiger partial charge >= 0.3 is 0 Å². The van der Waals surface area contributed by atoms with Crippen molar-refractivity contribution in [2.24, 2.45) is 5.92 Å². The predicted molar refractivity (Wildman–Crippen MR) is 80.8 cm³/mol. The molecule has 0 spiro atoms. The lowest BCUT2D eigenvalue weighted by atomic mass is 9.92. The van der Waals surface area contributed by atoms with E-state index in [1.807, 2.05) is 45.2 Å². The summed E-state index contributed by atoms with van der Waals surface area (Å²) in [5.41, 5.74) is 1.05. The maximum atomic E-state index is 11.7. The Balaban J connectivity index is 2.28. The lowest BCUT2D eigenvalue weighted by Gasteiger charge is -2.25. The molecule has 1 aromatic carbocycles. The van der Waals surface area contributed by atoms with E-state index in [0.29, 0.717) is 12.2 Å². The lowest BCUT2D eigenvalue weighted by molar-refractivity contribution is 0.235. The first-order valence-corrected chi connectivity index (χ1v) is 8.88. The Labute approximate surface area is 121 Å². The molecule has 0 aliphatic carbocycles. The summed E-state index contributed by atoms with van der Waals surface area (Å²) in [7, 11) is -0.999. The van der Waals surface area contributed by atoms with Gasteiger partial charge in [-0.15, -0.1) is 0 Å². The Morgan fingerprint density at radius 1 is 1.30 bits per heavy atom. The zero-order valence-corrected chi connectivity index (χ0v) is 13.1. The fourth-order valence-electron chi connectivity index (χ4n) is 2.83. The molecule has 112 valence electrons. The summed E-state index contributed by atoms with van der Waals surface area (Å²) in [6.45, 7) is 3.98. The van der Waals surface area contributed by atoms with Crippen molar-refractivity contribution in [3.63, 3.8) is 0 Å². The second-order valence-electron chi connectivity index (χ2n) is 5.63. The van der Waals surface area contributed by atoms with E-state index >= 15 is 0 Å². The van der Waals surface area contributed by atoms with Gasteiger partial charge in [0.15, 0.2) is 9.84 Å². The lowest BCUT2D eigenvalue weighted by Crippen LogP contribution is -2.27. The van der Waals surface area contributed by atoms with Crippen molar-refractivity contribution in [3.05, 3.63) is 29.8 Å². The predicted octanol–water partition coefficient (Wildman–Crippen LogP) is 2.17. The van der Waals surface area contributed by atoms with Crippen LogP contribution in [-0.2, 0) is 9.84 Å². The van der Waals surface area contributed by atoms with Crippen molar-refractivity contribution in [2.45, 2.75) is 32.4 Å². The van der Waals surface area contributed by atoms with Gasteiger partial charge in [0.1, 0.15) is 5.75 Å². The van der Waals surface area contributed by atoms with Crippen LogP contribution >= 0.6 is 0 Å². The van der Waals surface area contributed by atoms with E-state index in [1.165, 1.54) is 0 Å². The van der Waals surface area contributed by atoms with Crippen molar-refractivity contribution >= 4 is 9.84 Å². The average Bonchev–Trinajstić information content (AvgIpc) is 2.72. The van der Waals surface area contributed by atoms with E-state index in [0.717, 1.165) is 11.3 Å². The van der Waals surface area contributed by atoms with Gasteiger partial charge < -0.3 is 10.1 Å². The summed E-state index contributed by atoms with van der Waals surface area (Å²) >= 11 is 0. The first-order chi connectivity index (χ1) is 9.43. The first kappa shape index (κ1) is 15.3. The zero-order valence-electron chi connectivity index (χ0n) is 12.3. The van der Waals surface area contributed by atoms with Gasteiger partial charge in [-0.25, -0.2) is 8.42 Å². The number of hydrogen-bond donors (Lipinski definition) is 1. The highest BCUT2D eigenvalue weighted by atomic mass is 32.2. The summed E-state index contributed by atoms with van der Waals surface area (Å²) in [5, 5.41) is 3.27. The largest absolute Gasteiger partial charge is 0.491 e. The van der Waals surface area contributed by atoms with Crippen molar-refractivity contribution in [1.82, 2.24) is 5.32 Å². The Bertz CT molecular complexity index is 554. The number of nitrogens with one attached hydrogen (secondary N) is 1. The number of ether oxygens (including phenoxy) is 1. The van der Waals surface area contributed by atoms with E-state index in [2.05, 4.69) is 5.32 Å². The van der Waals surface area contributed by atoms with Crippen LogP contribution in [0.25, 0.3) is 0 Å². The minimum absolute atomic E-state index is 0.0159. The molecule has 0 saturated carbocycles. The van der Waals surface area contributed by atoms with Crippen molar-refractivity contribution < 1.29 is 13.2 Å². The number of para-hydroxylation sites is 1. The third kappa shape index (κ3) is 3.52. The molecule has 0 amide bonds. The van der Waals surface area contributed by atoms with Crippen LogP contribution in [-0.4, -0.2) is 33.1 Å². The summed E-state index contributed by atoms with van der Waals surface area (Å²) < 4.78 is 29.2. The molecule has 5 heteroatoms. The van der Waals surface area contributed by atoms with E-state index in [4.69, 9.17) is 4.74 Å². The molecule has 0 bridgehead atoms. The fraction of sp³-hybridized carbons (Fsp3) is 0.600. The number of benzene rings is 1. The molecule has 1 fully saturated rings. The molecular weight excluding hydrogens is 274 g/mol. The Morgan fingerprint density at radius 3 is 2.55 bits per heavy atom. The van der Waals surface area contributed by atoms with Gasteiger partial charge in [0, 0.05) is 11.6 Å². The van der Waals surface area contributed by atoms with Gasteiger partial charge in [-0.2, -0.15) is 0 Å². The third-order valence-corrected chi connectivity index (χ3v) is 5.46. The molecule has 1 N–H and O–H groups in total. The maximum Gasteiger partial charge on any atom is 0.150 e. The number of rotatable bonds is 5. The number of sulfone groups is 1. The van der Waals surface area contributed by atoms with Crippen LogP contribution in [0.3, 0.4) is 0 Å². The van der Waals surface area contributed by atoms with Gasteiger partial charge in [0.25, 0.3) is 0 Å². The SMILES string of the molecule is CNC(c1ccccc1OC(C)C)C1CCS(=O)(=O)C1. The van der Waals surface area contributed by atoms with Crippen LogP contribution in [0.5, 0.6) is 5.75 Å². The van der Waals surface area contributed by atoms with E-state index in [-0.39, 0.29) is 23.8 Å². The fourth-order valence-corrected chi connectivity index (χ4v) is 4.67. The molecule has 1 heterocycles. The van der Waals surface area contributed by atoms with Crippen molar-refractivity contribution in [2.75, 3.05) is 18.6 Å². The minimum atomic E-state index is -2.88. The van der Waals surface area contributed by atoms with E-state index in [9.17, 15) is 8.42 Å². The smallest absolute Gasteiger partial charge is 0.150 e. The second kappa shape index (κ2) is 6.14. The normalized spacial score (nSPS) is 22.9. The van der Waals surface area contributed by atoms with Crippen LogP contribution < -0.4 is 10.1 Å². The molecule has 1 aromatic rings. The maximum absolute atomic E-state index is 11.7. The minimum Gasteiger partial charge on any atom is -0.491 e. The molecular formula is C15H23NO3S. The van der Waals surface area contributed by atoms with Gasteiger partial charge in [-0.05, 0) is 39.3 Å². The monoisotopic (exact) mass is 297 g/mol. The zero-order chi connectivity index (χ0) is 14.8. The highest BCUT2D eigenvalue weighted by Gasteiger charge is 2.34. The van der Waals surface area contributed by atoms with Crippen LogP contribution in [0.15, 0.2) is 24.3 Å². The molecule has 2 unspecified atom stereocenters. The van der Waals surface area contributed by atoms with Crippen molar-refractivity contribution in [1.29, 1.82) is 0 Å². The van der Waals surface area contributed by atoms with Crippen LogP contribution in [0.1, 0.15) is 31.9 Å². The van der Waals surface area contributed by atoms with Crippen LogP contribution in [0, 0.1) is 5.92 Å². The number of hydrogen-bond acceptors (Lipinski definition) is 4. The molecule has 0 aromatic heterocycles. The summed E-state index contributed by atoms with van der Waals surface area (Å²) in [6, 6.07) is 7.89. The third-order valence-electron chi connectivity index (χ3n) is 3.67. The van der Waals surface area contributed by atoms with Gasteiger partial charge in [-0.1, -0.05) is 18.2 Å². The molecule has 1 aliphatic rings. The van der Waals surface area contributed by atoms with E-state index in [1.54, 1.807) is 0 Å². The molecule has 2 atom stereocenters. The average molecular weight is 297 g/mol. The molecule has 2 rings (SSSR count). The van der Waals surface area contributed by atoms with Crippen LogP contribution in [0.2, 0.25) is 0 Å².